The van der Waals surface area contributed by atoms with Gasteiger partial charge >= 0.3 is 0 Å². The van der Waals surface area contributed by atoms with E-state index in [2.05, 4.69) is 27.9 Å². The molecule has 1 aromatic heterocycles. The minimum absolute atomic E-state index is 0.0884. The van der Waals surface area contributed by atoms with Gasteiger partial charge in [0.2, 0.25) is 0 Å². The second-order valence-electron chi connectivity index (χ2n) is 5.22. The number of hydrogen-bond acceptors (Lipinski definition) is 4. The van der Waals surface area contributed by atoms with Crippen molar-refractivity contribution in [1.29, 1.82) is 0 Å². The van der Waals surface area contributed by atoms with Crippen molar-refractivity contribution in [1.82, 2.24) is 15.6 Å². The van der Waals surface area contributed by atoms with E-state index in [1.54, 1.807) is 6.20 Å². The minimum Gasteiger partial charge on any atom is -0.380 e. The SMILES string of the molecule is CCNC(=O)c1cc(NC2(C)CCNCC2)ccn1. The number of anilines is 1. The third-order valence-electron chi connectivity index (χ3n) is 3.48. The molecule has 3 N–H and O–H groups in total. The summed E-state index contributed by atoms with van der Waals surface area (Å²) in [5.74, 6) is -0.124. The van der Waals surface area contributed by atoms with Crippen molar-refractivity contribution in [3.05, 3.63) is 24.0 Å². The Morgan fingerprint density at radius 3 is 2.89 bits per heavy atom. The van der Waals surface area contributed by atoms with E-state index in [1.165, 1.54) is 0 Å². The molecule has 0 aromatic carbocycles. The van der Waals surface area contributed by atoms with Crippen LogP contribution in [-0.2, 0) is 0 Å². The third kappa shape index (κ3) is 3.67. The molecule has 0 radical (unpaired) electrons. The number of nitrogens with one attached hydrogen (secondary N) is 3. The molecule has 0 atom stereocenters. The summed E-state index contributed by atoms with van der Waals surface area (Å²) in [6.07, 6.45) is 3.83. The molecule has 1 aromatic rings. The largest absolute Gasteiger partial charge is 0.380 e. The summed E-state index contributed by atoms with van der Waals surface area (Å²) in [6.45, 7) is 6.78. The maximum atomic E-state index is 11.8. The highest BCUT2D eigenvalue weighted by Crippen LogP contribution is 2.23. The van der Waals surface area contributed by atoms with E-state index >= 15 is 0 Å². The predicted octanol–water partition coefficient (Wildman–Crippen LogP) is 1.39. The van der Waals surface area contributed by atoms with Gasteiger partial charge in [0, 0.05) is 24.0 Å². The molecule has 2 heterocycles. The Kier molecular flexibility index (Phi) is 4.37. The Bertz CT molecular complexity index is 441. The van der Waals surface area contributed by atoms with Gasteiger partial charge in [-0.25, -0.2) is 0 Å². The van der Waals surface area contributed by atoms with Crippen molar-refractivity contribution < 1.29 is 4.79 Å². The highest BCUT2D eigenvalue weighted by Gasteiger charge is 2.26. The minimum atomic E-state index is -0.124. The topological polar surface area (TPSA) is 66.1 Å². The van der Waals surface area contributed by atoms with Gasteiger partial charge in [-0.05, 0) is 51.9 Å². The van der Waals surface area contributed by atoms with Crippen LogP contribution in [0.1, 0.15) is 37.2 Å². The normalized spacial score (nSPS) is 17.8. The molecular weight excluding hydrogens is 240 g/mol. The molecule has 104 valence electrons. The number of aromatic nitrogens is 1. The standard InChI is InChI=1S/C14H22N4O/c1-3-16-13(19)12-10-11(4-7-17-12)18-14(2)5-8-15-9-6-14/h4,7,10,15H,3,5-6,8-9H2,1-2H3,(H,16,19)(H,17,18). The van der Waals surface area contributed by atoms with Gasteiger partial charge in [-0.3, -0.25) is 9.78 Å². The molecule has 2 rings (SSSR count). The Morgan fingerprint density at radius 2 is 2.21 bits per heavy atom. The first-order chi connectivity index (χ1) is 9.13. The second-order valence-corrected chi connectivity index (χ2v) is 5.22. The van der Waals surface area contributed by atoms with E-state index in [0.29, 0.717) is 12.2 Å². The zero-order chi connectivity index (χ0) is 13.7. The van der Waals surface area contributed by atoms with Crippen LogP contribution in [0.2, 0.25) is 0 Å². The fourth-order valence-corrected chi connectivity index (χ4v) is 2.34. The molecule has 1 aliphatic rings. The fourth-order valence-electron chi connectivity index (χ4n) is 2.34. The van der Waals surface area contributed by atoms with Gasteiger partial charge in [0.25, 0.3) is 5.91 Å². The van der Waals surface area contributed by atoms with Crippen LogP contribution in [-0.4, -0.2) is 36.1 Å². The van der Waals surface area contributed by atoms with Gasteiger partial charge in [0.1, 0.15) is 5.69 Å². The number of carbonyl (C=O) groups is 1. The molecule has 1 amide bonds. The lowest BCUT2D eigenvalue weighted by Crippen LogP contribution is -2.45. The second kappa shape index (κ2) is 6.02. The molecule has 5 heteroatoms. The Balaban J connectivity index is 2.08. The van der Waals surface area contributed by atoms with Crippen LogP contribution in [0.4, 0.5) is 5.69 Å². The molecular formula is C14H22N4O. The highest BCUT2D eigenvalue weighted by molar-refractivity contribution is 5.93. The number of carbonyl (C=O) groups excluding carboxylic acids is 1. The number of pyridine rings is 1. The lowest BCUT2D eigenvalue weighted by molar-refractivity contribution is 0.0951. The summed E-state index contributed by atoms with van der Waals surface area (Å²) in [6, 6.07) is 3.73. The van der Waals surface area contributed by atoms with Gasteiger partial charge in [0.15, 0.2) is 0 Å². The van der Waals surface area contributed by atoms with Gasteiger partial charge in [-0.1, -0.05) is 0 Å². The maximum Gasteiger partial charge on any atom is 0.269 e. The Hall–Kier alpha value is -1.62. The number of piperidine rings is 1. The number of amides is 1. The van der Waals surface area contributed by atoms with Crippen LogP contribution in [0, 0.1) is 0 Å². The van der Waals surface area contributed by atoms with Crippen LogP contribution >= 0.6 is 0 Å². The number of hydrogen-bond donors (Lipinski definition) is 3. The molecule has 0 spiro atoms. The van der Waals surface area contributed by atoms with E-state index in [0.717, 1.165) is 31.6 Å². The summed E-state index contributed by atoms with van der Waals surface area (Å²) in [4.78, 5) is 15.9. The zero-order valence-corrected chi connectivity index (χ0v) is 11.6. The monoisotopic (exact) mass is 262 g/mol. The molecule has 19 heavy (non-hydrogen) atoms. The van der Waals surface area contributed by atoms with Crippen molar-refractivity contribution in [2.45, 2.75) is 32.2 Å². The molecule has 0 bridgehead atoms. The third-order valence-corrected chi connectivity index (χ3v) is 3.48. The summed E-state index contributed by atoms with van der Waals surface area (Å²) < 4.78 is 0. The molecule has 5 nitrogen and oxygen atoms in total. The van der Waals surface area contributed by atoms with Crippen molar-refractivity contribution in [3.63, 3.8) is 0 Å². The first-order valence-corrected chi connectivity index (χ1v) is 6.86. The average molecular weight is 262 g/mol. The number of rotatable bonds is 4. The Labute approximate surface area is 114 Å². The number of nitrogens with zero attached hydrogens (tertiary/aromatic N) is 1. The molecule has 0 aliphatic carbocycles. The lowest BCUT2D eigenvalue weighted by Gasteiger charge is -2.36. The summed E-state index contributed by atoms with van der Waals surface area (Å²) >= 11 is 0. The van der Waals surface area contributed by atoms with Gasteiger partial charge in [0.05, 0.1) is 0 Å². The van der Waals surface area contributed by atoms with E-state index in [1.807, 2.05) is 19.1 Å². The molecule has 1 fully saturated rings. The lowest BCUT2D eigenvalue weighted by atomic mass is 9.90. The molecule has 1 saturated heterocycles. The van der Waals surface area contributed by atoms with Crippen molar-refractivity contribution in [2.75, 3.05) is 25.0 Å². The Morgan fingerprint density at radius 1 is 1.47 bits per heavy atom. The van der Waals surface area contributed by atoms with Crippen molar-refractivity contribution in [2.24, 2.45) is 0 Å². The van der Waals surface area contributed by atoms with E-state index in [9.17, 15) is 4.79 Å². The highest BCUT2D eigenvalue weighted by atomic mass is 16.1. The van der Waals surface area contributed by atoms with E-state index in [-0.39, 0.29) is 11.4 Å². The van der Waals surface area contributed by atoms with Gasteiger partial charge in [-0.2, -0.15) is 0 Å². The summed E-state index contributed by atoms with van der Waals surface area (Å²) in [5.41, 5.74) is 1.51. The van der Waals surface area contributed by atoms with Gasteiger partial charge in [-0.15, -0.1) is 0 Å². The van der Waals surface area contributed by atoms with Crippen molar-refractivity contribution >= 4 is 11.6 Å². The summed E-state index contributed by atoms with van der Waals surface area (Å²) in [7, 11) is 0. The predicted molar refractivity (Wildman–Crippen MR) is 76.4 cm³/mol. The fraction of sp³-hybridized carbons (Fsp3) is 0.571. The van der Waals surface area contributed by atoms with Gasteiger partial charge < -0.3 is 16.0 Å². The van der Waals surface area contributed by atoms with Crippen molar-refractivity contribution in [3.8, 4) is 0 Å². The van der Waals surface area contributed by atoms with Crippen LogP contribution in [0.3, 0.4) is 0 Å². The van der Waals surface area contributed by atoms with E-state index in [4.69, 9.17) is 0 Å². The zero-order valence-electron chi connectivity index (χ0n) is 11.6. The maximum absolute atomic E-state index is 11.8. The van der Waals surface area contributed by atoms with Crippen LogP contribution in [0.5, 0.6) is 0 Å². The molecule has 0 unspecified atom stereocenters. The van der Waals surface area contributed by atoms with Crippen LogP contribution in [0.25, 0.3) is 0 Å². The first-order valence-electron chi connectivity index (χ1n) is 6.86. The average Bonchev–Trinajstić information content (AvgIpc) is 2.39. The van der Waals surface area contributed by atoms with E-state index < -0.39 is 0 Å². The quantitative estimate of drug-likeness (QED) is 0.767. The smallest absolute Gasteiger partial charge is 0.269 e. The molecule has 1 aliphatic heterocycles. The van der Waals surface area contributed by atoms with Crippen LogP contribution < -0.4 is 16.0 Å². The molecule has 0 saturated carbocycles. The summed E-state index contributed by atoms with van der Waals surface area (Å²) in [5, 5.41) is 9.65. The first kappa shape index (κ1) is 13.8. The van der Waals surface area contributed by atoms with Crippen LogP contribution in [0.15, 0.2) is 18.3 Å².